The number of aliphatic carboxylic acids is 1. The number of carbonyl (C=O) groups is 18. The molecule has 3 aromatic rings. The number of benzene rings is 2. The van der Waals surface area contributed by atoms with Gasteiger partial charge in [0.15, 0.2) is 0 Å². The van der Waals surface area contributed by atoms with E-state index in [0.717, 1.165) is 9.80 Å². The van der Waals surface area contributed by atoms with Gasteiger partial charge in [-0.1, -0.05) is 62.4 Å². The summed E-state index contributed by atoms with van der Waals surface area (Å²) in [5, 5.41) is 85.9. The van der Waals surface area contributed by atoms with E-state index in [9.17, 15) is 115 Å². The summed E-state index contributed by atoms with van der Waals surface area (Å²) in [4.78, 5) is 240. The first kappa shape index (κ1) is 92.4. The highest BCUT2D eigenvalue weighted by Gasteiger charge is 2.44. The molecule has 0 saturated carbocycles. The summed E-state index contributed by atoms with van der Waals surface area (Å²) in [5.41, 5.74) is 23.2. The number of nitrogens with zero attached hydrogens (tertiary/aromatic N) is 2. The number of aromatic amines is 1. The Labute approximate surface area is 634 Å². The molecule has 12 atom stereocenters. The number of rotatable bonds is 41. The van der Waals surface area contributed by atoms with Crippen LogP contribution in [0.1, 0.15) is 63.5 Å². The van der Waals surface area contributed by atoms with Crippen LogP contribution in [0.3, 0.4) is 0 Å². The fourth-order valence-corrected chi connectivity index (χ4v) is 11.1. The summed E-state index contributed by atoms with van der Waals surface area (Å²) in [6, 6.07) is -5.03. The van der Waals surface area contributed by atoms with Crippen LogP contribution in [0.4, 0.5) is 13.2 Å². The Hall–Kier alpha value is -12.0. The van der Waals surface area contributed by atoms with E-state index < -0.39 is 256 Å². The predicted molar refractivity (Wildman–Crippen MR) is 377 cm³/mol. The number of aliphatic hydroxyl groups is 5. The highest BCUT2D eigenvalue weighted by Crippen LogP contribution is 2.25. The Bertz CT molecular complexity index is 3890. The van der Waals surface area contributed by atoms with E-state index in [-0.39, 0.29) is 51.6 Å². The van der Waals surface area contributed by atoms with Crippen LogP contribution in [0, 0.1) is 5.92 Å². The van der Waals surface area contributed by atoms with Crippen LogP contribution in [0.5, 0.6) is 0 Å². The number of halogens is 3. The average Bonchev–Trinajstić information content (AvgIpc) is 1.63. The molecule has 616 valence electrons. The SMILES string of the molecule is CC(C)C(N)C(=O)NC(CO)C(=O)NC(CC(N)=O)C(=O)NC(CO)C(=O)NC(CC(N)=O)C(=O)NC(Cc1c[nH]c2ccccc12)C(=O)N1CCCC1C(=O)NC(CO)C(=O)NC(Cc1ccccc1)C(=O)N1CCCC1C(=O)NC(CO)C(=O)NC(CO)C(=O)NCC(=O)NCC(=O)NCC(N)=O.O=C(O)C(F)(F)F. The highest BCUT2D eigenvalue weighted by atomic mass is 19.4. The number of likely N-dealkylation sites (tertiary alicyclic amines) is 2. The highest BCUT2D eigenvalue weighted by molar-refractivity contribution is 6.02. The number of carbonyl (C=O) groups excluding carboxylic acids is 17. The molecule has 46 heteroatoms. The number of aromatic nitrogens is 1. The van der Waals surface area contributed by atoms with Crippen LogP contribution in [-0.4, -0.2) is 296 Å². The molecule has 2 fully saturated rings. The maximum Gasteiger partial charge on any atom is 0.490 e. The maximum atomic E-state index is 15.0. The number of aliphatic hydroxyl groups excluding tert-OH is 5. The molecule has 0 spiro atoms. The van der Waals surface area contributed by atoms with Gasteiger partial charge in [-0.05, 0) is 48.8 Å². The molecule has 112 heavy (non-hydrogen) atoms. The zero-order valence-electron chi connectivity index (χ0n) is 60.4. The molecule has 3 heterocycles. The summed E-state index contributed by atoms with van der Waals surface area (Å²) >= 11 is 0. The average molecular weight is 1590 g/mol. The van der Waals surface area contributed by atoms with Crippen molar-refractivity contribution in [3.63, 3.8) is 0 Å². The maximum absolute atomic E-state index is 15.0. The van der Waals surface area contributed by atoms with Crippen molar-refractivity contribution in [3.05, 3.63) is 71.9 Å². The fraction of sp³-hybridized carbons (Fsp3) is 0.515. The van der Waals surface area contributed by atoms with Crippen molar-refractivity contribution in [1.29, 1.82) is 0 Å². The van der Waals surface area contributed by atoms with Gasteiger partial charge in [0.25, 0.3) is 0 Å². The number of para-hydroxylation sites is 1. The number of amides is 17. The van der Waals surface area contributed by atoms with Crippen LogP contribution in [-0.2, 0) is 99.1 Å². The van der Waals surface area contributed by atoms with Crippen molar-refractivity contribution >= 4 is 117 Å². The summed E-state index contributed by atoms with van der Waals surface area (Å²) in [5.74, 6) is -21.1. The molecule has 2 saturated heterocycles. The Kier molecular flexibility index (Phi) is 36.8. The van der Waals surface area contributed by atoms with E-state index in [1.807, 2.05) is 0 Å². The van der Waals surface area contributed by atoms with Crippen LogP contribution < -0.4 is 86.7 Å². The molecule has 0 bridgehead atoms. The van der Waals surface area contributed by atoms with E-state index in [1.165, 1.54) is 6.20 Å². The number of alkyl halides is 3. The minimum atomic E-state index is -5.08. The van der Waals surface area contributed by atoms with Crippen LogP contribution in [0.25, 0.3) is 10.9 Å². The minimum absolute atomic E-state index is 0.00268. The molecule has 2 aliphatic rings. The number of carboxylic acid groups (broad SMARTS) is 1. The molecule has 0 aliphatic carbocycles. The number of hydrogen-bond acceptors (Lipinski definition) is 24. The number of primary amides is 3. The van der Waals surface area contributed by atoms with Gasteiger partial charge in [-0.3, -0.25) is 81.5 Å². The summed E-state index contributed by atoms with van der Waals surface area (Å²) in [6.07, 6.45) is -5.68. The minimum Gasteiger partial charge on any atom is -0.475 e. The third kappa shape index (κ3) is 28.8. The van der Waals surface area contributed by atoms with Gasteiger partial charge >= 0.3 is 12.1 Å². The van der Waals surface area contributed by atoms with E-state index in [0.29, 0.717) is 22.0 Å². The Morgan fingerprint density at radius 2 is 0.821 bits per heavy atom. The number of nitrogens with two attached hydrogens (primary N) is 4. The Morgan fingerprint density at radius 3 is 1.23 bits per heavy atom. The lowest BCUT2D eigenvalue weighted by Crippen LogP contribution is -2.62. The lowest BCUT2D eigenvalue weighted by Gasteiger charge is -2.31. The first-order valence-electron chi connectivity index (χ1n) is 34.5. The van der Waals surface area contributed by atoms with Crippen molar-refractivity contribution in [2.45, 2.75) is 144 Å². The number of H-pyrrole nitrogens is 1. The topological polar surface area (TPSA) is 699 Å². The first-order valence-corrected chi connectivity index (χ1v) is 34.5. The van der Waals surface area contributed by atoms with Crippen molar-refractivity contribution in [1.82, 2.24) is 78.6 Å². The monoisotopic (exact) mass is 1590 g/mol. The molecule has 17 amide bonds. The number of hydrogen-bond donors (Lipinski definition) is 23. The quantitative estimate of drug-likeness (QED) is 0.0251. The van der Waals surface area contributed by atoms with Crippen molar-refractivity contribution in [2.24, 2.45) is 28.9 Å². The fourth-order valence-electron chi connectivity index (χ4n) is 11.1. The lowest BCUT2D eigenvalue weighted by atomic mass is 10.0. The summed E-state index contributed by atoms with van der Waals surface area (Å²) in [7, 11) is 0. The molecule has 2 aliphatic heterocycles. The second kappa shape index (κ2) is 44.6. The second-order valence-electron chi connectivity index (χ2n) is 25.7. The molecule has 1 aromatic heterocycles. The third-order valence-corrected chi connectivity index (χ3v) is 17.0. The second-order valence-corrected chi connectivity index (χ2v) is 25.7. The van der Waals surface area contributed by atoms with Crippen LogP contribution in [0.15, 0.2) is 60.8 Å². The van der Waals surface area contributed by atoms with Gasteiger partial charge < -0.3 is 132 Å². The standard InChI is InChI=1S/C64H91N19O22.C2HF3O2/c1-31(2)52(68)62(103)81-44(30-88)57(98)74-37(21-48(66)90)55(96)78-41(27-85)56(97)73-36(20-47(65)89)54(95)76-39(19-33-22-69-35-13-7-6-12-34(33)35)64(105)83-17-9-15-46(83)61(102)79-42(28-86)58(99)75-38(18-32-10-4-3-5-11-32)63(104)82-16-8-14-45(82)60(101)80-43(29-87)59(100)77-40(26-84)53(94)72-25-51(93)71-24-50(92)70-23-49(67)91;3-2(4,5)1(6)7/h3-7,10-13,22,31,36-46,52,69,84-88H,8-9,14-21,23-30,68H2,1-2H3,(H2,65,89)(H2,66,90)(H2,67,91)(H,70,92)(H,71,93)(H,72,94)(H,73,97)(H,74,98)(H,75,99)(H,76,95)(H,77,100)(H,78,96)(H,79,102)(H,80,101)(H,81,103);(H,6,7). The zero-order chi connectivity index (χ0) is 83.9. The summed E-state index contributed by atoms with van der Waals surface area (Å²) < 4.78 is 31.7. The van der Waals surface area contributed by atoms with E-state index in [2.05, 4.69) is 68.8 Å². The first-order chi connectivity index (χ1) is 52.8. The van der Waals surface area contributed by atoms with Crippen molar-refractivity contribution < 1.29 is 130 Å². The van der Waals surface area contributed by atoms with Crippen molar-refractivity contribution in [3.8, 4) is 0 Å². The molecular weight excluding hydrogens is 1500 g/mol. The molecular formula is C66H92F3N19O24. The molecule has 43 nitrogen and oxygen atoms in total. The number of fused-ring (bicyclic) bond motifs is 1. The van der Waals surface area contributed by atoms with Gasteiger partial charge in [0.2, 0.25) is 100 Å². The van der Waals surface area contributed by atoms with Gasteiger partial charge in [-0.15, -0.1) is 0 Å². The zero-order valence-corrected chi connectivity index (χ0v) is 60.4. The molecule has 5 rings (SSSR count). The molecule has 2 aromatic carbocycles. The van der Waals surface area contributed by atoms with E-state index in [4.69, 9.17) is 32.8 Å². The van der Waals surface area contributed by atoms with E-state index in [1.54, 1.807) is 68.4 Å². The lowest BCUT2D eigenvalue weighted by molar-refractivity contribution is -0.192. The van der Waals surface area contributed by atoms with Crippen molar-refractivity contribution in [2.75, 3.05) is 65.8 Å². The predicted octanol–water partition coefficient (Wildman–Crippen LogP) is -11.5. The Morgan fingerprint density at radius 1 is 0.464 bits per heavy atom. The Balaban J connectivity index is 0.00000359. The van der Waals surface area contributed by atoms with E-state index >= 15 is 4.79 Å². The third-order valence-electron chi connectivity index (χ3n) is 17.0. The largest absolute Gasteiger partial charge is 0.490 e. The van der Waals surface area contributed by atoms with Gasteiger partial charge in [0.05, 0.1) is 71.6 Å². The smallest absolute Gasteiger partial charge is 0.475 e. The van der Waals surface area contributed by atoms with Crippen LogP contribution in [0.2, 0.25) is 0 Å². The van der Waals surface area contributed by atoms with Gasteiger partial charge in [0, 0.05) is 43.0 Å². The van der Waals surface area contributed by atoms with Gasteiger partial charge in [-0.2, -0.15) is 13.2 Å². The summed E-state index contributed by atoms with van der Waals surface area (Å²) in [6.45, 7) is -4.28. The molecule has 12 unspecified atom stereocenters. The molecule has 0 radical (unpaired) electrons. The number of carboxylic acids is 1. The number of nitrogens with one attached hydrogen (secondary N) is 13. The van der Waals surface area contributed by atoms with Crippen LogP contribution >= 0.6 is 0 Å². The molecule has 27 N–H and O–H groups in total. The normalized spacial score (nSPS) is 16.5. The van der Waals surface area contributed by atoms with Gasteiger partial charge in [-0.25, -0.2) is 4.79 Å². The van der Waals surface area contributed by atoms with Gasteiger partial charge in [0.1, 0.15) is 66.5 Å².